The van der Waals surface area contributed by atoms with Crippen molar-refractivity contribution in [2.45, 2.75) is 13.8 Å². The highest BCUT2D eigenvalue weighted by Crippen LogP contribution is 2.31. The third-order valence-corrected chi connectivity index (χ3v) is 5.40. The molecule has 0 unspecified atom stereocenters. The van der Waals surface area contributed by atoms with Crippen LogP contribution in [0, 0.1) is 0 Å². The van der Waals surface area contributed by atoms with E-state index in [2.05, 4.69) is 43.0 Å². The zero-order valence-corrected chi connectivity index (χ0v) is 14.5. The zero-order valence-electron chi connectivity index (χ0n) is 13.7. The predicted molar refractivity (Wildman–Crippen MR) is 101 cm³/mol. The molecular weight excluding hydrogens is 318 g/mol. The number of fused-ring (bicyclic) bond motifs is 3. The van der Waals surface area contributed by atoms with Gasteiger partial charge in [-0.1, -0.05) is 23.5 Å². The van der Waals surface area contributed by atoms with E-state index in [-0.39, 0.29) is 5.75 Å². The minimum absolute atomic E-state index is 0.279. The maximum Gasteiger partial charge on any atom is 0.195 e. The molecule has 122 valence electrons. The molecule has 0 saturated heterocycles. The Balaban J connectivity index is 1.75. The topological polar surface area (TPSA) is 40.8 Å². The van der Waals surface area contributed by atoms with Gasteiger partial charge in [-0.05, 0) is 38.1 Å². The summed E-state index contributed by atoms with van der Waals surface area (Å²) in [5, 5.41) is 9.73. The van der Waals surface area contributed by atoms with Crippen LogP contribution in [0.3, 0.4) is 0 Å². The Morgan fingerprint density at radius 1 is 1.08 bits per heavy atom. The molecule has 4 nitrogen and oxygen atoms in total. The molecule has 2 aromatic heterocycles. The second kappa shape index (κ2) is 5.83. The number of anilines is 1. The second-order valence-electron chi connectivity index (χ2n) is 5.75. The summed E-state index contributed by atoms with van der Waals surface area (Å²) in [4.78, 5) is 8.02. The van der Waals surface area contributed by atoms with E-state index >= 15 is 0 Å². The first kappa shape index (κ1) is 15.0. The van der Waals surface area contributed by atoms with Crippen molar-refractivity contribution in [3.05, 3.63) is 48.7 Å². The standard InChI is InChI=1S/C19H19N3OS/c1-3-21(4-2)14-7-5-13(6-8-14)16-12-22-17-11-15(23)9-10-18(17)24-19(22)20-16/h5-12,23H,3-4H2,1-2H3. The lowest BCUT2D eigenvalue weighted by molar-refractivity contribution is 0.476. The molecule has 2 aromatic carbocycles. The summed E-state index contributed by atoms with van der Waals surface area (Å²) in [6, 6.07) is 14.0. The number of hydrogen-bond donors (Lipinski definition) is 1. The van der Waals surface area contributed by atoms with Crippen molar-refractivity contribution in [1.29, 1.82) is 0 Å². The van der Waals surface area contributed by atoms with E-state index in [9.17, 15) is 5.11 Å². The molecule has 0 aliphatic carbocycles. The average Bonchev–Trinajstić information content (AvgIpc) is 3.15. The number of nitrogens with zero attached hydrogens (tertiary/aromatic N) is 3. The molecule has 0 aliphatic heterocycles. The molecule has 4 aromatic rings. The largest absolute Gasteiger partial charge is 0.508 e. The summed E-state index contributed by atoms with van der Waals surface area (Å²) < 4.78 is 3.17. The summed E-state index contributed by atoms with van der Waals surface area (Å²) in [5.74, 6) is 0.279. The highest BCUT2D eigenvalue weighted by Gasteiger charge is 2.11. The number of phenolic OH excluding ortho intramolecular Hbond substituents is 1. The molecule has 0 spiro atoms. The van der Waals surface area contributed by atoms with E-state index in [1.54, 1.807) is 23.5 Å². The van der Waals surface area contributed by atoms with Crippen molar-refractivity contribution in [3.63, 3.8) is 0 Å². The van der Waals surface area contributed by atoms with E-state index < -0.39 is 0 Å². The minimum Gasteiger partial charge on any atom is -0.508 e. The van der Waals surface area contributed by atoms with E-state index in [0.29, 0.717) is 0 Å². The van der Waals surface area contributed by atoms with Crippen LogP contribution < -0.4 is 4.90 Å². The Labute approximate surface area is 144 Å². The molecule has 2 heterocycles. The fourth-order valence-corrected chi connectivity index (χ4v) is 4.05. The first-order valence-corrected chi connectivity index (χ1v) is 8.97. The maximum absolute atomic E-state index is 9.73. The molecule has 24 heavy (non-hydrogen) atoms. The van der Waals surface area contributed by atoms with E-state index in [4.69, 9.17) is 4.98 Å². The van der Waals surface area contributed by atoms with Crippen LogP contribution >= 0.6 is 11.3 Å². The number of hydrogen-bond acceptors (Lipinski definition) is 4. The van der Waals surface area contributed by atoms with Crippen molar-refractivity contribution in [2.75, 3.05) is 18.0 Å². The van der Waals surface area contributed by atoms with Crippen LogP contribution in [0.15, 0.2) is 48.7 Å². The Hall–Kier alpha value is -2.53. The highest BCUT2D eigenvalue weighted by molar-refractivity contribution is 7.23. The van der Waals surface area contributed by atoms with E-state index in [0.717, 1.165) is 39.5 Å². The molecule has 0 fully saturated rings. The van der Waals surface area contributed by atoms with E-state index in [1.165, 1.54) is 5.69 Å². The first-order valence-electron chi connectivity index (χ1n) is 8.15. The fourth-order valence-electron chi connectivity index (χ4n) is 3.06. The third kappa shape index (κ3) is 2.41. The molecular formula is C19H19N3OS. The highest BCUT2D eigenvalue weighted by atomic mass is 32.1. The van der Waals surface area contributed by atoms with Gasteiger partial charge in [0, 0.05) is 36.6 Å². The van der Waals surface area contributed by atoms with Crippen molar-refractivity contribution in [2.24, 2.45) is 0 Å². The SMILES string of the molecule is CCN(CC)c1ccc(-c2cn3c(n2)sc2ccc(O)cc23)cc1. The van der Waals surface area contributed by atoms with Crippen LogP contribution in [0.1, 0.15) is 13.8 Å². The lowest BCUT2D eigenvalue weighted by Gasteiger charge is -2.20. The van der Waals surface area contributed by atoms with Gasteiger partial charge in [0.25, 0.3) is 0 Å². The molecule has 1 N–H and O–H groups in total. The first-order chi connectivity index (χ1) is 11.7. The van der Waals surface area contributed by atoms with E-state index in [1.807, 2.05) is 16.7 Å². The number of thiazole rings is 1. The third-order valence-electron chi connectivity index (χ3n) is 4.37. The monoisotopic (exact) mass is 337 g/mol. The van der Waals surface area contributed by atoms with Crippen LogP contribution in [0.25, 0.3) is 26.4 Å². The molecule has 0 saturated carbocycles. The van der Waals surface area contributed by atoms with Crippen molar-refractivity contribution < 1.29 is 5.11 Å². The summed E-state index contributed by atoms with van der Waals surface area (Å²) in [6.07, 6.45) is 2.04. The maximum atomic E-state index is 9.73. The minimum atomic E-state index is 0.279. The number of benzene rings is 2. The van der Waals surface area contributed by atoms with Gasteiger partial charge < -0.3 is 10.0 Å². The van der Waals surface area contributed by atoms with Gasteiger partial charge in [0.2, 0.25) is 0 Å². The van der Waals surface area contributed by atoms with Gasteiger partial charge in [0.15, 0.2) is 4.96 Å². The number of aromatic nitrogens is 2. The van der Waals surface area contributed by atoms with Crippen LogP contribution in [0.5, 0.6) is 5.75 Å². The van der Waals surface area contributed by atoms with Gasteiger partial charge in [-0.3, -0.25) is 4.40 Å². The molecule has 0 aliphatic rings. The normalized spacial score (nSPS) is 11.4. The van der Waals surface area contributed by atoms with Gasteiger partial charge in [-0.15, -0.1) is 0 Å². The zero-order chi connectivity index (χ0) is 16.7. The second-order valence-corrected chi connectivity index (χ2v) is 6.76. The van der Waals surface area contributed by atoms with Gasteiger partial charge in [0.1, 0.15) is 5.75 Å². The predicted octanol–water partition coefficient (Wildman–Crippen LogP) is 4.77. The number of rotatable bonds is 4. The summed E-state index contributed by atoms with van der Waals surface area (Å²) in [6.45, 7) is 6.35. The lowest BCUT2D eigenvalue weighted by atomic mass is 10.1. The molecule has 0 radical (unpaired) electrons. The number of imidazole rings is 1. The molecule has 5 heteroatoms. The number of aromatic hydroxyl groups is 1. The average molecular weight is 337 g/mol. The van der Waals surface area contributed by atoms with Crippen LogP contribution in [-0.2, 0) is 0 Å². The van der Waals surface area contributed by atoms with Gasteiger partial charge >= 0.3 is 0 Å². The number of phenols is 1. The van der Waals surface area contributed by atoms with Crippen LogP contribution in [-0.4, -0.2) is 27.6 Å². The molecule has 0 bridgehead atoms. The van der Waals surface area contributed by atoms with Crippen molar-refractivity contribution in [1.82, 2.24) is 9.38 Å². The summed E-state index contributed by atoms with van der Waals surface area (Å²) in [7, 11) is 0. The van der Waals surface area contributed by atoms with Crippen LogP contribution in [0.4, 0.5) is 5.69 Å². The van der Waals surface area contributed by atoms with Gasteiger partial charge in [-0.25, -0.2) is 4.98 Å². The van der Waals surface area contributed by atoms with Gasteiger partial charge in [0.05, 0.1) is 15.9 Å². The van der Waals surface area contributed by atoms with Crippen LogP contribution in [0.2, 0.25) is 0 Å². The molecule has 0 amide bonds. The summed E-state index contributed by atoms with van der Waals surface area (Å²) in [5.41, 5.74) is 4.29. The lowest BCUT2D eigenvalue weighted by Crippen LogP contribution is -2.21. The van der Waals surface area contributed by atoms with Crippen molar-refractivity contribution in [3.8, 4) is 17.0 Å². The molecule has 0 atom stereocenters. The summed E-state index contributed by atoms with van der Waals surface area (Å²) >= 11 is 1.63. The smallest absolute Gasteiger partial charge is 0.195 e. The van der Waals surface area contributed by atoms with Crippen molar-refractivity contribution >= 4 is 32.2 Å². The fraction of sp³-hybridized carbons (Fsp3) is 0.211. The Kier molecular flexibility index (Phi) is 3.65. The molecule has 4 rings (SSSR count). The Morgan fingerprint density at radius 3 is 2.54 bits per heavy atom. The quantitative estimate of drug-likeness (QED) is 0.583. The Morgan fingerprint density at radius 2 is 1.83 bits per heavy atom. The Bertz CT molecular complexity index is 997. The van der Waals surface area contributed by atoms with Gasteiger partial charge in [-0.2, -0.15) is 0 Å².